The number of rotatable bonds is 2. The van der Waals surface area contributed by atoms with Gasteiger partial charge in [0.25, 0.3) is 0 Å². The predicted octanol–water partition coefficient (Wildman–Crippen LogP) is 0.863. The molecule has 2 aliphatic heterocycles. The SMILES string of the molecule is O=C(O)C(F)(F)F.O=C(O)CC1CCC2(CNC2)CO1. The van der Waals surface area contributed by atoms with E-state index in [4.69, 9.17) is 19.7 Å². The molecule has 2 rings (SSSR count). The van der Waals surface area contributed by atoms with E-state index in [1.807, 2.05) is 0 Å². The van der Waals surface area contributed by atoms with Gasteiger partial charge < -0.3 is 20.3 Å². The van der Waals surface area contributed by atoms with Crippen LogP contribution < -0.4 is 5.32 Å². The van der Waals surface area contributed by atoms with Crippen molar-refractivity contribution in [2.45, 2.75) is 31.5 Å². The Bertz CT molecular complexity index is 358. The lowest BCUT2D eigenvalue weighted by molar-refractivity contribution is -0.192. The van der Waals surface area contributed by atoms with Crippen LogP contribution in [0.2, 0.25) is 0 Å². The smallest absolute Gasteiger partial charge is 0.481 e. The van der Waals surface area contributed by atoms with Crippen molar-refractivity contribution in [1.82, 2.24) is 5.32 Å². The second kappa shape index (κ2) is 6.40. The lowest BCUT2D eigenvalue weighted by atomic mass is 9.76. The highest BCUT2D eigenvalue weighted by molar-refractivity contribution is 5.73. The van der Waals surface area contributed by atoms with E-state index in [2.05, 4.69) is 5.32 Å². The van der Waals surface area contributed by atoms with Crippen molar-refractivity contribution in [3.05, 3.63) is 0 Å². The number of alkyl halides is 3. The van der Waals surface area contributed by atoms with E-state index in [9.17, 15) is 18.0 Å². The average Bonchev–Trinajstić information content (AvgIpc) is 2.26. The van der Waals surface area contributed by atoms with Crippen LogP contribution in [0.1, 0.15) is 19.3 Å². The van der Waals surface area contributed by atoms with Gasteiger partial charge in [-0.25, -0.2) is 4.79 Å². The first-order chi connectivity index (χ1) is 9.15. The van der Waals surface area contributed by atoms with Crippen molar-refractivity contribution in [2.24, 2.45) is 5.41 Å². The molecule has 1 spiro atoms. The zero-order valence-corrected chi connectivity index (χ0v) is 10.6. The molecule has 2 saturated heterocycles. The highest BCUT2D eigenvalue weighted by Crippen LogP contribution is 2.35. The van der Waals surface area contributed by atoms with Crippen LogP contribution in [0.4, 0.5) is 13.2 Å². The maximum Gasteiger partial charge on any atom is 0.490 e. The molecule has 0 saturated carbocycles. The van der Waals surface area contributed by atoms with Gasteiger partial charge in [-0.05, 0) is 12.8 Å². The van der Waals surface area contributed by atoms with Gasteiger partial charge in [0.05, 0.1) is 19.1 Å². The van der Waals surface area contributed by atoms with Crippen LogP contribution in [0.3, 0.4) is 0 Å². The standard InChI is InChI=1S/C9H15NO3.C2HF3O2/c11-8(12)3-7-1-2-9(6-13-7)4-10-5-9;3-2(4,5)1(6)7/h7,10H,1-6H2,(H,11,12);(H,6,7). The van der Waals surface area contributed by atoms with Gasteiger partial charge in [-0.1, -0.05) is 0 Å². The monoisotopic (exact) mass is 299 g/mol. The van der Waals surface area contributed by atoms with Gasteiger partial charge in [0.1, 0.15) is 0 Å². The van der Waals surface area contributed by atoms with E-state index in [0.717, 1.165) is 32.5 Å². The minimum Gasteiger partial charge on any atom is -0.481 e. The topological polar surface area (TPSA) is 95.9 Å². The average molecular weight is 299 g/mol. The van der Waals surface area contributed by atoms with E-state index < -0.39 is 18.1 Å². The van der Waals surface area contributed by atoms with Gasteiger partial charge in [-0.2, -0.15) is 13.2 Å². The zero-order chi connectivity index (χ0) is 15.4. The lowest BCUT2D eigenvalue weighted by Crippen LogP contribution is -2.58. The molecule has 0 aliphatic carbocycles. The molecule has 0 amide bonds. The summed E-state index contributed by atoms with van der Waals surface area (Å²) in [5.41, 5.74) is 0.342. The van der Waals surface area contributed by atoms with Crippen LogP contribution in [0, 0.1) is 5.41 Å². The Hall–Kier alpha value is -1.35. The molecule has 116 valence electrons. The van der Waals surface area contributed by atoms with Crippen LogP contribution in [-0.4, -0.2) is 54.1 Å². The van der Waals surface area contributed by atoms with Crippen LogP contribution in [0.15, 0.2) is 0 Å². The Morgan fingerprint density at radius 2 is 1.85 bits per heavy atom. The quantitative estimate of drug-likeness (QED) is 0.700. The largest absolute Gasteiger partial charge is 0.490 e. The Morgan fingerprint density at radius 1 is 1.30 bits per heavy atom. The summed E-state index contributed by atoms with van der Waals surface area (Å²) in [7, 11) is 0. The molecule has 3 N–H and O–H groups in total. The van der Waals surface area contributed by atoms with Crippen LogP contribution in [0.25, 0.3) is 0 Å². The number of ether oxygens (including phenoxy) is 1. The molecule has 2 fully saturated rings. The minimum absolute atomic E-state index is 0.0521. The molecular formula is C11H16F3NO5. The number of carboxylic acids is 2. The number of halogens is 3. The van der Waals surface area contributed by atoms with Gasteiger partial charge in [0.2, 0.25) is 0 Å². The lowest BCUT2D eigenvalue weighted by Gasteiger charge is -2.46. The van der Waals surface area contributed by atoms with Gasteiger partial charge >= 0.3 is 18.1 Å². The van der Waals surface area contributed by atoms with Gasteiger partial charge in [-0.3, -0.25) is 4.79 Å². The maximum absolute atomic E-state index is 10.6. The summed E-state index contributed by atoms with van der Waals surface area (Å²) in [6, 6.07) is 0. The second-order valence-electron chi connectivity index (χ2n) is 4.98. The van der Waals surface area contributed by atoms with Crippen molar-refractivity contribution < 1.29 is 37.7 Å². The number of hydrogen-bond acceptors (Lipinski definition) is 4. The molecule has 2 aliphatic rings. The molecule has 9 heteroatoms. The van der Waals surface area contributed by atoms with Crippen LogP contribution in [0.5, 0.6) is 0 Å². The Kier molecular flexibility index (Phi) is 5.35. The summed E-state index contributed by atoms with van der Waals surface area (Å²) in [4.78, 5) is 19.3. The summed E-state index contributed by atoms with van der Waals surface area (Å²) in [6.07, 6.45) is -2.97. The Labute approximate surface area is 112 Å². The predicted molar refractivity (Wildman–Crippen MR) is 60.2 cm³/mol. The van der Waals surface area contributed by atoms with Crippen molar-refractivity contribution in [1.29, 1.82) is 0 Å². The summed E-state index contributed by atoms with van der Waals surface area (Å²) in [5, 5.41) is 18.9. The summed E-state index contributed by atoms with van der Waals surface area (Å²) in [5.74, 6) is -3.51. The van der Waals surface area contributed by atoms with Crippen LogP contribution in [-0.2, 0) is 14.3 Å². The van der Waals surface area contributed by atoms with Crippen LogP contribution >= 0.6 is 0 Å². The fourth-order valence-electron chi connectivity index (χ4n) is 2.03. The van der Waals surface area contributed by atoms with Crippen molar-refractivity contribution in [3.8, 4) is 0 Å². The third kappa shape index (κ3) is 4.97. The number of aliphatic carboxylic acids is 2. The van der Waals surface area contributed by atoms with Crippen molar-refractivity contribution in [3.63, 3.8) is 0 Å². The molecule has 0 aromatic heterocycles. The van der Waals surface area contributed by atoms with E-state index in [-0.39, 0.29) is 12.5 Å². The van der Waals surface area contributed by atoms with Gasteiger partial charge in [0, 0.05) is 18.5 Å². The Balaban J connectivity index is 0.000000246. The summed E-state index contributed by atoms with van der Waals surface area (Å²) >= 11 is 0. The third-order valence-corrected chi connectivity index (χ3v) is 3.27. The third-order valence-electron chi connectivity index (χ3n) is 3.27. The first-order valence-electron chi connectivity index (χ1n) is 5.99. The first kappa shape index (κ1) is 16.7. The fraction of sp³-hybridized carbons (Fsp3) is 0.818. The van der Waals surface area contributed by atoms with Gasteiger partial charge in [-0.15, -0.1) is 0 Å². The number of nitrogens with one attached hydrogen (secondary N) is 1. The minimum atomic E-state index is -5.08. The zero-order valence-electron chi connectivity index (χ0n) is 10.6. The Morgan fingerprint density at radius 3 is 2.10 bits per heavy atom. The van der Waals surface area contributed by atoms with E-state index in [0.29, 0.717) is 5.41 Å². The molecule has 0 bridgehead atoms. The number of carbonyl (C=O) groups is 2. The van der Waals surface area contributed by atoms with E-state index >= 15 is 0 Å². The van der Waals surface area contributed by atoms with E-state index in [1.165, 1.54) is 0 Å². The molecule has 1 unspecified atom stereocenters. The number of hydrogen-bond donors (Lipinski definition) is 3. The normalized spacial score (nSPS) is 24.2. The molecule has 1 atom stereocenters. The molecule has 0 aromatic carbocycles. The van der Waals surface area contributed by atoms with Crippen molar-refractivity contribution >= 4 is 11.9 Å². The second-order valence-corrected chi connectivity index (χ2v) is 4.98. The summed E-state index contributed by atoms with van der Waals surface area (Å²) in [6.45, 7) is 2.80. The highest BCUT2D eigenvalue weighted by Gasteiger charge is 2.41. The molecule has 0 aromatic rings. The molecular weight excluding hydrogens is 283 g/mol. The maximum atomic E-state index is 10.6. The molecule has 2 heterocycles. The van der Waals surface area contributed by atoms with Crippen molar-refractivity contribution in [2.75, 3.05) is 19.7 Å². The van der Waals surface area contributed by atoms with E-state index in [1.54, 1.807) is 0 Å². The number of carboxylic acid groups (broad SMARTS) is 2. The molecule has 0 radical (unpaired) electrons. The molecule has 6 nitrogen and oxygen atoms in total. The first-order valence-corrected chi connectivity index (χ1v) is 5.99. The van der Waals surface area contributed by atoms with Gasteiger partial charge in [0.15, 0.2) is 0 Å². The highest BCUT2D eigenvalue weighted by atomic mass is 19.4. The summed E-state index contributed by atoms with van der Waals surface area (Å²) < 4.78 is 37.3. The molecule has 20 heavy (non-hydrogen) atoms. The fourth-order valence-corrected chi connectivity index (χ4v) is 2.03.